The minimum Gasteiger partial charge on any atom is -0.397 e. The number of nitrogen functional groups attached to an aromatic ring is 1. The molecule has 0 atom stereocenters. The Morgan fingerprint density at radius 1 is 1.29 bits per heavy atom. The smallest absolute Gasteiger partial charge is 0.259 e. The van der Waals surface area contributed by atoms with Crippen molar-refractivity contribution in [1.29, 1.82) is 0 Å². The molecule has 6 nitrogen and oxygen atoms in total. The number of anilines is 1. The van der Waals surface area contributed by atoms with Gasteiger partial charge in [0.2, 0.25) is 5.82 Å². The SMILES string of the molecule is CCOC1(c2noc(-c3cncc(N)c3)n2)CCCCC1. The van der Waals surface area contributed by atoms with Crippen LogP contribution in [0.1, 0.15) is 44.9 Å². The monoisotopic (exact) mass is 288 g/mol. The highest BCUT2D eigenvalue weighted by molar-refractivity contribution is 5.57. The summed E-state index contributed by atoms with van der Waals surface area (Å²) in [6, 6.07) is 1.78. The first-order chi connectivity index (χ1) is 10.2. The van der Waals surface area contributed by atoms with Gasteiger partial charge < -0.3 is 15.0 Å². The largest absolute Gasteiger partial charge is 0.397 e. The van der Waals surface area contributed by atoms with Crippen LogP contribution in [0.5, 0.6) is 0 Å². The van der Waals surface area contributed by atoms with E-state index in [0.29, 0.717) is 24.0 Å². The fraction of sp³-hybridized carbons (Fsp3) is 0.533. The number of pyridine rings is 1. The Bertz CT molecular complexity index is 600. The van der Waals surface area contributed by atoms with E-state index < -0.39 is 5.60 Å². The van der Waals surface area contributed by atoms with Crippen molar-refractivity contribution >= 4 is 5.69 Å². The topological polar surface area (TPSA) is 87.1 Å². The maximum Gasteiger partial charge on any atom is 0.259 e. The predicted octanol–water partition coefficient (Wildman–Crippen LogP) is 2.91. The summed E-state index contributed by atoms with van der Waals surface area (Å²) in [5, 5.41) is 4.16. The minimum absolute atomic E-state index is 0.400. The van der Waals surface area contributed by atoms with Gasteiger partial charge in [-0.2, -0.15) is 4.98 Å². The molecule has 2 heterocycles. The Labute approximate surface area is 123 Å². The molecule has 0 aliphatic heterocycles. The minimum atomic E-state index is -0.400. The summed E-state index contributed by atoms with van der Waals surface area (Å²) < 4.78 is 11.4. The van der Waals surface area contributed by atoms with Crippen LogP contribution in [-0.2, 0) is 10.3 Å². The molecule has 2 aromatic rings. The van der Waals surface area contributed by atoms with E-state index in [4.69, 9.17) is 15.0 Å². The molecule has 2 aromatic heterocycles. The molecule has 0 unspecified atom stereocenters. The molecule has 0 bridgehead atoms. The lowest BCUT2D eigenvalue weighted by Gasteiger charge is -2.33. The van der Waals surface area contributed by atoms with Gasteiger partial charge in [-0.05, 0) is 25.8 Å². The maximum atomic E-state index is 6.00. The van der Waals surface area contributed by atoms with E-state index in [1.165, 1.54) is 6.42 Å². The third-order valence-corrected chi connectivity index (χ3v) is 3.92. The van der Waals surface area contributed by atoms with Gasteiger partial charge in [0.05, 0.1) is 11.3 Å². The second kappa shape index (κ2) is 5.81. The zero-order chi connectivity index (χ0) is 14.7. The van der Waals surface area contributed by atoms with Gasteiger partial charge in [-0.3, -0.25) is 4.98 Å². The van der Waals surface area contributed by atoms with Crippen LogP contribution in [0.15, 0.2) is 23.0 Å². The highest BCUT2D eigenvalue weighted by atomic mass is 16.5. The number of nitrogens with zero attached hydrogens (tertiary/aromatic N) is 3. The lowest BCUT2D eigenvalue weighted by atomic mass is 9.84. The standard InChI is InChI=1S/C15H20N4O2/c1-2-20-15(6-4-3-5-7-15)14-18-13(21-19-14)11-8-12(16)10-17-9-11/h8-10H,2-7,16H2,1H3. The number of nitrogens with two attached hydrogens (primary N) is 1. The Kier molecular flexibility index (Phi) is 3.88. The summed E-state index contributed by atoms with van der Waals surface area (Å²) in [6.07, 6.45) is 8.63. The second-order valence-electron chi connectivity index (χ2n) is 5.42. The van der Waals surface area contributed by atoms with E-state index in [0.717, 1.165) is 31.2 Å². The quantitative estimate of drug-likeness (QED) is 0.930. The Morgan fingerprint density at radius 2 is 2.10 bits per heavy atom. The molecule has 0 amide bonds. The molecule has 112 valence electrons. The average molecular weight is 288 g/mol. The van der Waals surface area contributed by atoms with Gasteiger partial charge in [0, 0.05) is 19.0 Å². The van der Waals surface area contributed by atoms with E-state index in [1.54, 1.807) is 18.5 Å². The molecular weight excluding hydrogens is 268 g/mol. The van der Waals surface area contributed by atoms with Crippen molar-refractivity contribution in [2.24, 2.45) is 0 Å². The molecule has 1 fully saturated rings. The van der Waals surface area contributed by atoms with Crippen molar-refractivity contribution in [3.8, 4) is 11.5 Å². The van der Waals surface area contributed by atoms with E-state index in [2.05, 4.69) is 15.1 Å². The molecule has 6 heteroatoms. The molecule has 1 aliphatic carbocycles. The zero-order valence-corrected chi connectivity index (χ0v) is 12.2. The molecule has 21 heavy (non-hydrogen) atoms. The fourth-order valence-electron chi connectivity index (χ4n) is 2.93. The van der Waals surface area contributed by atoms with Crippen LogP contribution >= 0.6 is 0 Å². The van der Waals surface area contributed by atoms with Gasteiger partial charge in [-0.1, -0.05) is 24.4 Å². The highest BCUT2D eigenvalue weighted by Gasteiger charge is 2.39. The van der Waals surface area contributed by atoms with Gasteiger partial charge >= 0.3 is 0 Å². The number of hydrogen-bond donors (Lipinski definition) is 1. The molecule has 2 N–H and O–H groups in total. The first-order valence-electron chi connectivity index (χ1n) is 7.42. The van der Waals surface area contributed by atoms with Crippen molar-refractivity contribution in [2.75, 3.05) is 12.3 Å². The Morgan fingerprint density at radius 3 is 2.81 bits per heavy atom. The maximum absolute atomic E-state index is 6.00. The molecule has 0 aromatic carbocycles. The van der Waals surface area contributed by atoms with Gasteiger partial charge in [-0.15, -0.1) is 0 Å². The normalized spacial score (nSPS) is 17.8. The predicted molar refractivity (Wildman–Crippen MR) is 78.3 cm³/mol. The Hall–Kier alpha value is -1.95. The Balaban J connectivity index is 1.92. The van der Waals surface area contributed by atoms with Gasteiger partial charge in [0.15, 0.2) is 0 Å². The molecule has 1 saturated carbocycles. The number of hydrogen-bond acceptors (Lipinski definition) is 6. The number of aromatic nitrogens is 3. The van der Waals surface area contributed by atoms with Crippen LogP contribution in [0.2, 0.25) is 0 Å². The highest BCUT2D eigenvalue weighted by Crippen LogP contribution is 2.39. The average Bonchev–Trinajstić information content (AvgIpc) is 2.99. The lowest BCUT2D eigenvalue weighted by Crippen LogP contribution is -2.33. The molecule has 1 aliphatic rings. The molecule has 3 rings (SSSR count). The molecule has 0 spiro atoms. The van der Waals surface area contributed by atoms with Crippen LogP contribution in [0, 0.1) is 0 Å². The van der Waals surface area contributed by atoms with E-state index in [9.17, 15) is 0 Å². The van der Waals surface area contributed by atoms with Crippen LogP contribution < -0.4 is 5.73 Å². The van der Waals surface area contributed by atoms with E-state index in [-0.39, 0.29) is 0 Å². The van der Waals surface area contributed by atoms with Crippen molar-refractivity contribution in [2.45, 2.75) is 44.6 Å². The molecule has 0 saturated heterocycles. The number of ether oxygens (including phenoxy) is 1. The van der Waals surface area contributed by atoms with Gasteiger partial charge in [-0.25, -0.2) is 0 Å². The number of rotatable bonds is 4. The first kappa shape index (κ1) is 14.0. The first-order valence-corrected chi connectivity index (χ1v) is 7.42. The molecule has 0 radical (unpaired) electrons. The van der Waals surface area contributed by atoms with Crippen molar-refractivity contribution in [1.82, 2.24) is 15.1 Å². The third-order valence-electron chi connectivity index (χ3n) is 3.92. The second-order valence-corrected chi connectivity index (χ2v) is 5.42. The van der Waals surface area contributed by atoms with Crippen LogP contribution in [0.25, 0.3) is 11.5 Å². The van der Waals surface area contributed by atoms with Crippen LogP contribution in [-0.4, -0.2) is 21.7 Å². The van der Waals surface area contributed by atoms with E-state index >= 15 is 0 Å². The fourth-order valence-corrected chi connectivity index (χ4v) is 2.93. The van der Waals surface area contributed by atoms with Crippen LogP contribution in [0.3, 0.4) is 0 Å². The summed E-state index contributed by atoms with van der Waals surface area (Å²) >= 11 is 0. The van der Waals surface area contributed by atoms with E-state index in [1.807, 2.05) is 6.92 Å². The van der Waals surface area contributed by atoms with Gasteiger partial charge in [0.25, 0.3) is 5.89 Å². The summed E-state index contributed by atoms with van der Waals surface area (Å²) in [5.74, 6) is 1.08. The summed E-state index contributed by atoms with van der Waals surface area (Å²) in [7, 11) is 0. The van der Waals surface area contributed by atoms with Crippen molar-refractivity contribution in [3.05, 3.63) is 24.3 Å². The van der Waals surface area contributed by atoms with Crippen molar-refractivity contribution < 1.29 is 9.26 Å². The lowest BCUT2D eigenvalue weighted by molar-refractivity contribution is -0.0777. The molecular formula is C15H20N4O2. The third kappa shape index (κ3) is 2.76. The van der Waals surface area contributed by atoms with Crippen molar-refractivity contribution in [3.63, 3.8) is 0 Å². The zero-order valence-electron chi connectivity index (χ0n) is 12.2. The van der Waals surface area contributed by atoms with Crippen LogP contribution in [0.4, 0.5) is 5.69 Å². The van der Waals surface area contributed by atoms with Gasteiger partial charge in [0.1, 0.15) is 5.60 Å². The summed E-state index contributed by atoms with van der Waals surface area (Å²) in [4.78, 5) is 8.59. The summed E-state index contributed by atoms with van der Waals surface area (Å²) in [5.41, 5.74) is 6.65. The summed E-state index contributed by atoms with van der Waals surface area (Å²) in [6.45, 7) is 2.64.